The van der Waals surface area contributed by atoms with E-state index in [1.165, 1.54) is 17.0 Å². The number of ether oxygens (including phenoxy) is 2. The van der Waals surface area contributed by atoms with Crippen molar-refractivity contribution in [2.45, 2.75) is 13.5 Å². The van der Waals surface area contributed by atoms with Crippen molar-refractivity contribution in [3.63, 3.8) is 0 Å². The molecule has 1 amide bonds. The number of nitrogens with zero attached hydrogens (tertiary/aromatic N) is 1. The highest BCUT2D eigenvalue weighted by Crippen LogP contribution is 2.35. The summed E-state index contributed by atoms with van der Waals surface area (Å²) in [7, 11) is 0. The maximum Gasteiger partial charge on any atom is 0.265 e. The van der Waals surface area contributed by atoms with E-state index in [1.807, 2.05) is 19.1 Å². The van der Waals surface area contributed by atoms with E-state index in [9.17, 15) is 9.18 Å². The van der Waals surface area contributed by atoms with Crippen molar-refractivity contribution in [3.8, 4) is 11.5 Å². The Morgan fingerprint density at radius 2 is 2.17 bits per heavy atom. The summed E-state index contributed by atoms with van der Waals surface area (Å²) < 4.78 is 25.3. The Labute approximate surface area is 138 Å². The number of amides is 1. The summed E-state index contributed by atoms with van der Waals surface area (Å²) in [6, 6.07) is 9.67. The molecule has 1 aliphatic heterocycles. The summed E-state index contributed by atoms with van der Waals surface area (Å²) in [6.07, 6.45) is 0. The number of carbonyl (C=O) groups is 1. The molecule has 0 saturated carbocycles. The molecule has 0 fully saturated rings. The van der Waals surface area contributed by atoms with Gasteiger partial charge in [0, 0.05) is 10.6 Å². The largest absolute Gasteiger partial charge is 0.490 e. The molecule has 0 bridgehead atoms. The first-order valence-corrected chi connectivity index (χ1v) is 7.61. The topological polar surface area (TPSA) is 38.8 Å². The number of anilines is 1. The molecule has 0 saturated heterocycles. The van der Waals surface area contributed by atoms with Gasteiger partial charge >= 0.3 is 0 Å². The van der Waals surface area contributed by atoms with E-state index in [0.29, 0.717) is 18.1 Å². The van der Waals surface area contributed by atoms with Gasteiger partial charge in [0.25, 0.3) is 5.91 Å². The molecule has 0 spiro atoms. The minimum absolute atomic E-state index is 0.178. The molecule has 0 aliphatic carbocycles. The van der Waals surface area contributed by atoms with Crippen LogP contribution in [0.25, 0.3) is 0 Å². The van der Waals surface area contributed by atoms with Gasteiger partial charge in [0.2, 0.25) is 0 Å². The van der Waals surface area contributed by atoms with Crippen LogP contribution in [0.3, 0.4) is 0 Å². The molecule has 0 aromatic heterocycles. The number of carbonyl (C=O) groups excluding carboxylic acids is 1. The summed E-state index contributed by atoms with van der Waals surface area (Å²) in [6.45, 7) is 2.38. The fourth-order valence-corrected chi connectivity index (χ4v) is 2.67. The van der Waals surface area contributed by atoms with Crippen molar-refractivity contribution in [1.82, 2.24) is 0 Å². The van der Waals surface area contributed by atoms with Gasteiger partial charge in [-0.15, -0.1) is 0 Å². The molecule has 3 rings (SSSR count). The Kier molecular flexibility index (Phi) is 4.39. The summed E-state index contributed by atoms with van der Waals surface area (Å²) >= 11 is 5.78. The Hall–Kier alpha value is -2.27. The number of para-hydroxylation sites is 1. The minimum Gasteiger partial charge on any atom is -0.490 e. The van der Waals surface area contributed by atoms with E-state index < -0.39 is 5.82 Å². The number of halogens is 2. The van der Waals surface area contributed by atoms with Gasteiger partial charge in [-0.3, -0.25) is 4.79 Å². The molecule has 2 aromatic rings. The zero-order chi connectivity index (χ0) is 16.4. The van der Waals surface area contributed by atoms with Crippen LogP contribution >= 0.6 is 11.6 Å². The van der Waals surface area contributed by atoms with E-state index in [2.05, 4.69) is 0 Å². The van der Waals surface area contributed by atoms with Crippen LogP contribution in [0.4, 0.5) is 10.1 Å². The molecule has 0 radical (unpaired) electrons. The van der Waals surface area contributed by atoms with E-state index in [4.69, 9.17) is 21.1 Å². The highest BCUT2D eigenvalue weighted by molar-refractivity contribution is 6.30. The van der Waals surface area contributed by atoms with Crippen LogP contribution < -0.4 is 14.4 Å². The number of fused-ring (bicyclic) bond motifs is 1. The molecule has 1 heterocycles. The highest BCUT2D eigenvalue weighted by atomic mass is 35.5. The molecule has 4 nitrogen and oxygen atoms in total. The first kappa shape index (κ1) is 15.6. The van der Waals surface area contributed by atoms with E-state index >= 15 is 0 Å². The van der Waals surface area contributed by atoms with E-state index in [-0.39, 0.29) is 29.8 Å². The van der Waals surface area contributed by atoms with Gasteiger partial charge in [-0.2, -0.15) is 0 Å². The van der Waals surface area contributed by atoms with Crippen LogP contribution in [0.5, 0.6) is 11.5 Å². The van der Waals surface area contributed by atoms with Crippen LogP contribution in [0.15, 0.2) is 36.4 Å². The molecule has 1 aliphatic rings. The van der Waals surface area contributed by atoms with Crippen molar-refractivity contribution >= 4 is 23.2 Å². The maximum atomic E-state index is 14.2. The third kappa shape index (κ3) is 3.10. The van der Waals surface area contributed by atoms with Gasteiger partial charge in [0.1, 0.15) is 5.82 Å². The van der Waals surface area contributed by atoms with Crippen LogP contribution in [0.2, 0.25) is 5.02 Å². The summed E-state index contributed by atoms with van der Waals surface area (Å²) in [5.41, 5.74) is 0.939. The molecular weight excluding hydrogens is 321 g/mol. The first-order valence-electron chi connectivity index (χ1n) is 7.23. The lowest BCUT2D eigenvalue weighted by Gasteiger charge is -2.20. The molecular formula is C17H15ClFNO3. The fraction of sp³-hybridized carbons (Fsp3) is 0.235. The van der Waals surface area contributed by atoms with Crippen molar-refractivity contribution < 1.29 is 18.7 Å². The number of hydrogen-bond acceptors (Lipinski definition) is 3. The van der Waals surface area contributed by atoms with Crippen LogP contribution in [-0.4, -0.2) is 19.1 Å². The highest BCUT2D eigenvalue weighted by Gasteiger charge is 2.26. The second kappa shape index (κ2) is 6.46. The Bertz CT molecular complexity index is 751. The number of rotatable bonds is 3. The second-order valence-corrected chi connectivity index (χ2v) is 5.48. The smallest absolute Gasteiger partial charge is 0.265 e. The number of hydrogen-bond donors (Lipinski definition) is 0. The molecule has 2 aromatic carbocycles. The van der Waals surface area contributed by atoms with E-state index in [0.717, 1.165) is 5.56 Å². The third-order valence-electron chi connectivity index (χ3n) is 3.53. The Balaban J connectivity index is 2.00. The zero-order valence-corrected chi connectivity index (χ0v) is 13.3. The molecule has 120 valence electrons. The van der Waals surface area contributed by atoms with Crippen LogP contribution in [0.1, 0.15) is 12.5 Å². The quantitative estimate of drug-likeness (QED) is 0.856. The van der Waals surface area contributed by atoms with Crippen LogP contribution in [0, 0.1) is 5.82 Å². The fourth-order valence-electron chi connectivity index (χ4n) is 2.51. The molecule has 0 atom stereocenters. The minimum atomic E-state index is -0.546. The average molecular weight is 336 g/mol. The van der Waals surface area contributed by atoms with Crippen molar-refractivity contribution in [2.24, 2.45) is 0 Å². The summed E-state index contributed by atoms with van der Waals surface area (Å²) in [5.74, 6) is 0.232. The molecule has 0 unspecified atom stereocenters. The van der Waals surface area contributed by atoms with Crippen LogP contribution in [-0.2, 0) is 11.3 Å². The predicted octanol–water partition coefficient (Wildman–Crippen LogP) is 3.80. The lowest BCUT2D eigenvalue weighted by molar-refractivity contribution is -0.120. The summed E-state index contributed by atoms with van der Waals surface area (Å²) in [5, 5.41) is 0.281. The third-order valence-corrected chi connectivity index (χ3v) is 3.77. The lowest BCUT2D eigenvalue weighted by Crippen LogP contribution is -2.32. The van der Waals surface area contributed by atoms with E-state index in [1.54, 1.807) is 12.1 Å². The standard InChI is InChI=1S/C17H15ClFNO3/c1-2-22-15-5-3-4-11-9-20(16(21)10-23-17(11)15)14-7-6-12(18)8-13(14)19/h3-8H,2,9-10H2,1H3. The normalized spacial score (nSPS) is 14.0. The lowest BCUT2D eigenvalue weighted by atomic mass is 10.1. The second-order valence-electron chi connectivity index (χ2n) is 5.04. The van der Waals surface area contributed by atoms with Gasteiger partial charge in [0.05, 0.1) is 18.8 Å². The van der Waals surface area contributed by atoms with Crippen molar-refractivity contribution in [3.05, 3.63) is 52.8 Å². The van der Waals surface area contributed by atoms with Gasteiger partial charge < -0.3 is 14.4 Å². The monoisotopic (exact) mass is 335 g/mol. The zero-order valence-electron chi connectivity index (χ0n) is 12.5. The van der Waals surface area contributed by atoms with Gasteiger partial charge in [-0.05, 0) is 31.2 Å². The maximum absolute atomic E-state index is 14.2. The van der Waals surface area contributed by atoms with Crippen molar-refractivity contribution in [2.75, 3.05) is 18.1 Å². The van der Waals surface area contributed by atoms with Gasteiger partial charge in [-0.25, -0.2) is 4.39 Å². The predicted molar refractivity (Wildman–Crippen MR) is 85.7 cm³/mol. The average Bonchev–Trinajstić information content (AvgIpc) is 2.68. The van der Waals surface area contributed by atoms with Gasteiger partial charge in [-0.1, -0.05) is 23.7 Å². The van der Waals surface area contributed by atoms with Gasteiger partial charge in [0.15, 0.2) is 18.1 Å². The SMILES string of the molecule is CCOc1cccc2c1OCC(=O)N(c1ccc(Cl)cc1F)C2. The summed E-state index contributed by atoms with van der Waals surface area (Å²) in [4.78, 5) is 13.7. The first-order chi connectivity index (χ1) is 11.1. The molecule has 6 heteroatoms. The van der Waals surface area contributed by atoms with Crippen molar-refractivity contribution in [1.29, 1.82) is 0 Å². The Morgan fingerprint density at radius 1 is 1.35 bits per heavy atom. The Morgan fingerprint density at radius 3 is 2.91 bits per heavy atom. The number of benzene rings is 2. The molecule has 0 N–H and O–H groups in total. The molecule has 23 heavy (non-hydrogen) atoms.